The van der Waals surface area contributed by atoms with Crippen LogP contribution in [0, 0.1) is 5.92 Å². The van der Waals surface area contributed by atoms with Crippen LogP contribution in [0.4, 0.5) is 19.0 Å². The fraction of sp³-hybridized carbons (Fsp3) is 0.600. The van der Waals surface area contributed by atoms with Gasteiger partial charge < -0.3 is 10.6 Å². The molecule has 1 saturated heterocycles. The standard InChI is InChI=1S/C10H13F3N4O/c11-10(12,13)6-2-1-3-17(5-6)9(18)7-4-8(14)16-15-7/h4,6H,1-3,5H2,(H3,14,15,16). The lowest BCUT2D eigenvalue weighted by atomic mass is 9.97. The SMILES string of the molecule is Nc1cc(C(=O)N2CCCC(C(F)(F)F)C2)[nH]n1. The quantitative estimate of drug-likeness (QED) is 0.803. The molecule has 1 aromatic rings. The van der Waals surface area contributed by atoms with E-state index in [0.29, 0.717) is 13.0 Å². The Hall–Kier alpha value is -1.73. The number of hydrogen-bond donors (Lipinski definition) is 2. The molecule has 0 aliphatic carbocycles. The van der Waals surface area contributed by atoms with E-state index in [1.54, 1.807) is 0 Å². The molecule has 1 aliphatic heterocycles. The number of piperidine rings is 1. The van der Waals surface area contributed by atoms with Gasteiger partial charge in [0.25, 0.3) is 5.91 Å². The van der Waals surface area contributed by atoms with Crippen molar-refractivity contribution < 1.29 is 18.0 Å². The molecule has 1 unspecified atom stereocenters. The van der Waals surface area contributed by atoms with Crippen LogP contribution < -0.4 is 5.73 Å². The predicted octanol–water partition coefficient (Wildman–Crippen LogP) is 1.41. The summed E-state index contributed by atoms with van der Waals surface area (Å²) >= 11 is 0. The topological polar surface area (TPSA) is 75.0 Å². The fourth-order valence-electron chi connectivity index (χ4n) is 2.05. The number of halogens is 3. The number of amides is 1. The number of nitrogen functional groups attached to an aromatic ring is 1. The molecular formula is C10H13F3N4O. The molecule has 18 heavy (non-hydrogen) atoms. The van der Waals surface area contributed by atoms with Gasteiger partial charge in [-0.1, -0.05) is 0 Å². The maximum Gasteiger partial charge on any atom is 0.393 e. The van der Waals surface area contributed by atoms with Crippen molar-refractivity contribution in [3.63, 3.8) is 0 Å². The molecule has 0 radical (unpaired) electrons. The number of aromatic nitrogens is 2. The van der Waals surface area contributed by atoms with E-state index in [1.165, 1.54) is 11.0 Å². The van der Waals surface area contributed by atoms with Crippen LogP contribution in [0.1, 0.15) is 23.3 Å². The highest BCUT2D eigenvalue weighted by atomic mass is 19.4. The third-order valence-corrected chi connectivity index (χ3v) is 3.00. The van der Waals surface area contributed by atoms with Crippen molar-refractivity contribution in [2.75, 3.05) is 18.8 Å². The molecule has 1 fully saturated rings. The molecule has 0 saturated carbocycles. The number of alkyl halides is 3. The fourth-order valence-corrected chi connectivity index (χ4v) is 2.05. The van der Waals surface area contributed by atoms with Crippen LogP contribution in [0.15, 0.2) is 6.07 Å². The van der Waals surface area contributed by atoms with Crippen molar-refractivity contribution in [1.82, 2.24) is 15.1 Å². The highest BCUT2D eigenvalue weighted by Crippen LogP contribution is 2.33. The summed E-state index contributed by atoms with van der Waals surface area (Å²) in [6.45, 7) is 0.0194. The van der Waals surface area contributed by atoms with Crippen LogP contribution in [-0.2, 0) is 0 Å². The molecule has 0 spiro atoms. The predicted molar refractivity (Wildman–Crippen MR) is 57.7 cm³/mol. The Balaban J connectivity index is 2.07. The molecule has 1 aromatic heterocycles. The number of carbonyl (C=O) groups is 1. The van der Waals surface area contributed by atoms with E-state index in [2.05, 4.69) is 10.2 Å². The molecular weight excluding hydrogens is 249 g/mol. The van der Waals surface area contributed by atoms with Crippen LogP contribution >= 0.6 is 0 Å². The van der Waals surface area contributed by atoms with Crippen molar-refractivity contribution >= 4 is 11.7 Å². The second-order valence-electron chi connectivity index (χ2n) is 4.34. The normalized spacial score (nSPS) is 21.1. The van der Waals surface area contributed by atoms with Crippen molar-refractivity contribution in [3.05, 3.63) is 11.8 Å². The van der Waals surface area contributed by atoms with Crippen molar-refractivity contribution in [2.45, 2.75) is 19.0 Å². The average Bonchev–Trinajstić information content (AvgIpc) is 2.74. The Bertz CT molecular complexity index is 443. The van der Waals surface area contributed by atoms with Gasteiger partial charge in [0.1, 0.15) is 11.5 Å². The summed E-state index contributed by atoms with van der Waals surface area (Å²) < 4.78 is 37.8. The number of nitrogens with zero attached hydrogens (tertiary/aromatic N) is 2. The van der Waals surface area contributed by atoms with E-state index >= 15 is 0 Å². The Kier molecular flexibility index (Phi) is 3.18. The number of anilines is 1. The first-order chi connectivity index (χ1) is 8.38. The zero-order valence-corrected chi connectivity index (χ0v) is 9.50. The zero-order valence-electron chi connectivity index (χ0n) is 9.50. The smallest absolute Gasteiger partial charge is 0.382 e. The van der Waals surface area contributed by atoms with Gasteiger partial charge in [0.2, 0.25) is 0 Å². The number of rotatable bonds is 1. The molecule has 2 heterocycles. The third-order valence-electron chi connectivity index (χ3n) is 3.00. The van der Waals surface area contributed by atoms with E-state index in [-0.39, 0.29) is 24.5 Å². The summed E-state index contributed by atoms with van der Waals surface area (Å²) in [6, 6.07) is 1.32. The lowest BCUT2D eigenvalue weighted by Gasteiger charge is -2.33. The maximum atomic E-state index is 12.6. The highest BCUT2D eigenvalue weighted by Gasteiger charge is 2.42. The Labute approximate surface area is 101 Å². The zero-order chi connectivity index (χ0) is 13.3. The molecule has 5 nitrogen and oxygen atoms in total. The molecule has 2 rings (SSSR count). The molecule has 1 atom stereocenters. The number of nitrogens with one attached hydrogen (secondary N) is 1. The molecule has 0 bridgehead atoms. The summed E-state index contributed by atoms with van der Waals surface area (Å²) in [5.74, 6) is -1.80. The van der Waals surface area contributed by atoms with Crippen molar-refractivity contribution in [2.24, 2.45) is 5.92 Å². The average molecular weight is 262 g/mol. The molecule has 1 aliphatic rings. The number of likely N-dealkylation sites (tertiary alicyclic amines) is 1. The summed E-state index contributed by atoms with van der Waals surface area (Å²) in [7, 11) is 0. The highest BCUT2D eigenvalue weighted by molar-refractivity contribution is 5.93. The van der Waals surface area contributed by atoms with Crippen molar-refractivity contribution in [1.29, 1.82) is 0 Å². The summed E-state index contributed by atoms with van der Waals surface area (Å²) in [4.78, 5) is 13.1. The Morgan fingerprint density at radius 3 is 2.83 bits per heavy atom. The molecule has 1 amide bonds. The largest absolute Gasteiger partial charge is 0.393 e. The van der Waals surface area contributed by atoms with E-state index < -0.39 is 18.0 Å². The first kappa shape index (κ1) is 12.7. The van der Waals surface area contributed by atoms with Crippen LogP contribution in [0.25, 0.3) is 0 Å². The molecule has 3 N–H and O–H groups in total. The lowest BCUT2D eigenvalue weighted by Crippen LogP contribution is -2.44. The number of aromatic amines is 1. The Morgan fingerprint density at radius 1 is 1.56 bits per heavy atom. The van der Waals surface area contributed by atoms with Gasteiger partial charge in [-0.05, 0) is 12.8 Å². The molecule has 0 aromatic carbocycles. The number of H-pyrrole nitrogens is 1. The minimum atomic E-state index is -4.26. The van der Waals surface area contributed by atoms with Gasteiger partial charge in [0, 0.05) is 19.2 Å². The summed E-state index contributed by atoms with van der Waals surface area (Å²) in [5, 5.41) is 5.99. The van der Waals surface area contributed by atoms with Gasteiger partial charge in [-0.25, -0.2) is 0 Å². The number of hydrogen-bond acceptors (Lipinski definition) is 3. The molecule has 8 heteroatoms. The van der Waals surface area contributed by atoms with Crippen LogP contribution in [0.3, 0.4) is 0 Å². The van der Waals surface area contributed by atoms with E-state index in [4.69, 9.17) is 5.73 Å². The molecule has 100 valence electrons. The first-order valence-electron chi connectivity index (χ1n) is 5.55. The Morgan fingerprint density at radius 2 is 2.28 bits per heavy atom. The number of nitrogens with two attached hydrogens (primary N) is 1. The number of carbonyl (C=O) groups excluding carboxylic acids is 1. The van der Waals surface area contributed by atoms with Gasteiger partial charge in [0.15, 0.2) is 0 Å². The van der Waals surface area contributed by atoms with Gasteiger partial charge >= 0.3 is 6.18 Å². The van der Waals surface area contributed by atoms with E-state index in [1.807, 2.05) is 0 Å². The van der Waals surface area contributed by atoms with Crippen molar-refractivity contribution in [3.8, 4) is 0 Å². The van der Waals surface area contributed by atoms with Crippen LogP contribution in [-0.4, -0.2) is 40.3 Å². The van der Waals surface area contributed by atoms with E-state index in [0.717, 1.165) is 0 Å². The van der Waals surface area contributed by atoms with Gasteiger partial charge in [-0.3, -0.25) is 9.89 Å². The van der Waals surface area contributed by atoms with Gasteiger partial charge in [-0.15, -0.1) is 0 Å². The summed E-state index contributed by atoms with van der Waals surface area (Å²) in [5.41, 5.74) is 5.47. The maximum absolute atomic E-state index is 12.6. The van der Waals surface area contributed by atoms with Crippen LogP contribution in [0.5, 0.6) is 0 Å². The van der Waals surface area contributed by atoms with Crippen LogP contribution in [0.2, 0.25) is 0 Å². The second-order valence-corrected chi connectivity index (χ2v) is 4.34. The summed E-state index contributed by atoms with van der Waals surface area (Å²) in [6.07, 6.45) is -3.84. The van der Waals surface area contributed by atoms with Gasteiger partial charge in [0.05, 0.1) is 5.92 Å². The van der Waals surface area contributed by atoms with Gasteiger partial charge in [-0.2, -0.15) is 18.3 Å². The minimum Gasteiger partial charge on any atom is -0.382 e. The lowest BCUT2D eigenvalue weighted by molar-refractivity contribution is -0.184. The first-order valence-corrected chi connectivity index (χ1v) is 5.55. The van der Waals surface area contributed by atoms with E-state index in [9.17, 15) is 18.0 Å². The minimum absolute atomic E-state index is 0.0679. The monoisotopic (exact) mass is 262 g/mol. The second kappa shape index (κ2) is 4.51. The third kappa shape index (κ3) is 2.57.